The first-order chi connectivity index (χ1) is 7.65. The van der Waals surface area contributed by atoms with E-state index in [4.69, 9.17) is 12.2 Å². The smallest absolute Gasteiger partial charge is 0.244 e. The molecule has 1 aliphatic heterocycles. The number of carbonyl (C=O) groups excluding carboxylic acids is 1. The summed E-state index contributed by atoms with van der Waals surface area (Å²) in [4.78, 5) is 19.6. The van der Waals surface area contributed by atoms with Crippen LogP contribution >= 0.6 is 24.0 Å². The quantitative estimate of drug-likeness (QED) is 0.641. The van der Waals surface area contributed by atoms with Crippen LogP contribution in [0.2, 0.25) is 0 Å². The van der Waals surface area contributed by atoms with Gasteiger partial charge in [0.05, 0.1) is 0 Å². The van der Waals surface area contributed by atoms with Gasteiger partial charge in [0, 0.05) is 12.4 Å². The van der Waals surface area contributed by atoms with Gasteiger partial charge in [-0.3, -0.25) is 4.79 Å². The number of thioether (sulfide) groups is 1. The van der Waals surface area contributed by atoms with Gasteiger partial charge in [-0.05, 0) is 24.6 Å². The third kappa shape index (κ3) is 2.65. The van der Waals surface area contributed by atoms with Crippen LogP contribution in [0.25, 0.3) is 0 Å². The molecule has 1 unspecified atom stereocenters. The number of aliphatic imine (C=N–C) groups is 1. The number of amides is 1. The first-order valence-electron chi connectivity index (χ1n) is 4.63. The van der Waals surface area contributed by atoms with E-state index < -0.39 is 0 Å². The lowest BCUT2D eigenvalue weighted by Gasteiger charge is -1.97. The standard InChI is InChI=1S/C10H9N3OS2/c1-6-2-3-11-8(4-6)12-5-7-9(14)13-10(15)16-7/h2-5,7H,1H3,(H,13,14,15). The Bertz CT molecular complexity index is 473. The van der Waals surface area contributed by atoms with Crippen LogP contribution in [-0.2, 0) is 4.79 Å². The van der Waals surface area contributed by atoms with Crippen molar-refractivity contribution in [2.45, 2.75) is 12.2 Å². The van der Waals surface area contributed by atoms with Gasteiger partial charge in [-0.25, -0.2) is 9.98 Å². The second-order valence-corrected chi connectivity index (χ2v) is 5.10. The van der Waals surface area contributed by atoms with E-state index in [9.17, 15) is 4.79 Å². The maximum Gasteiger partial charge on any atom is 0.244 e. The van der Waals surface area contributed by atoms with Gasteiger partial charge in [-0.1, -0.05) is 24.0 Å². The summed E-state index contributed by atoms with van der Waals surface area (Å²) in [6.45, 7) is 1.97. The van der Waals surface area contributed by atoms with E-state index in [0.717, 1.165) is 5.56 Å². The SMILES string of the molecule is Cc1ccnc(N=CC2SC(=S)NC2=O)c1. The molecule has 0 aromatic carbocycles. The second kappa shape index (κ2) is 4.71. The first-order valence-corrected chi connectivity index (χ1v) is 5.92. The summed E-state index contributed by atoms with van der Waals surface area (Å²) in [6, 6.07) is 3.75. The summed E-state index contributed by atoms with van der Waals surface area (Å²) in [5.41, 5.74) is 1.08. The Labute approximate surface area is 103 Å². The average molecular weight is 251 g/mol. The molecule has 1 aromatic heterocycles. The van der Waals surface area contributed by atoms with Crippen molar-refractivity contribution >= 4 is 46.2 Å². The molecular weight excluding hydrogens is 242 g/mol. The van der Waals surface area contributed by atoms with Crippen molar-refractivity contribution in [2.75, 3.05) is 0 Å². The van der Waals surface area contributed by atoms with Gasteiger partial charge in [0.15, 0.2) is 5.82 Å². The Morgan fingerprint density at radius 1 is 1.69 bits per heavy atom. The van der Waals surface area contributed by atoms with Gasteiger partial charge in [0.1, 0.15) is 9.57 Å². The Kier molecular flexibility index (Phi) is 3.31. The number of aromatic nitrogens is 1. The molecular formula is C10H9N3OS2. The topological polar surface area (TPSA) is 54.4 Å². The minimum absolute atomic E-state index is 0.119. The number of aryl methyl sites for hydroxylation is 1. The molecule has 82 valence electrons. The van der Waals surface area contributed by atoms with Crippen molar-refractivity contribution < 1.29 is 4.79 Å². The molecule has 0 spiro atoms. The van der Waals surface area contributed by atoms with E-state index in [0.29, 0.717) is 10.1 Å². The molecule has 1 amide bonds. The Hall–Kier alpha value is -1.27. The molecule has 1 fully saturated rings. The maximum absolute atomic E-state index is 11.3. The zero-order valence-corrected chi connectivity index (χ0v) is 10.1. The second-order valence-electron chi connectivity index (χ2n) is 3.28. The van der Waals surface area contributed by atoms with Crippen molar-refractivity contribution in [1.29, 1.82) is 0 Å². The van der Waals surface area contributed by atoms with E-state index in [1.165, 1.54) is 11.8 Å². The molecule has 2 rings (SSSR count). The fourth-order valence-corrected chi connectivity index (χ4v) is 2.29. The predicted molar refractivity (Wildman–Crippen MR) is 69.2 cm³/mol. The highest BCUT2D eigenvalue weighted by Crippen LogP contribution is 2.18. The summed E-state index contributed by atoms with van der Waals surface area (Å²) in [7, 11) is 0. The number of hydrogen-bond donors (Lipinski definition) is 1. The number of hydrogen-bond acceptors (Lipinski definition) is 5. The summed E-state index contributed by atoms with van der Waals surface area (Å²) in [6.07, 6.45) is 3.26. The Morgan fingerprint density at radius 3 is 3.12 bits per heavy atom. The van der Waals surface area contributed by atoms with Crippen molar-refractivity contribution in [3.8, 4) is 0 Å². The van der Waals surface area contributed by atoms with Gasteiger partial charge in [-0.15, -0.1) is 0 Å². The third-order valence-corrected chi connectivity index (χ3v) is 3.26. The highest BCUT2D eigenvalue weighted by molar-refractivity contribution is 8.24. The molecule has 1 saturated heterocycles. The molecule has 4 nitrogen and oxygen atoms in total. The molecule has 1 atom stereocenters. The van der Waals surface area contributed by atoms with Crippen LogP contribution < -0.4 is 5.32 Å². The number of pyridine rings is 1. The lowest BCUT2D eigenvalue weighted by Crippen LogP contribution is -2.24. The van der Waals surface area contributed by atoms with Crippen LogP contribution in [0.1, 0.15) is 5.56 Å². The van der Waals surface area contributed by atoms with Gasteiger partial charge in [-0.2, -0.15) is 0 Å². The van der Waals surface area contributed by atoms with E-state index >= 15 is 0 Å². The molecule has 16 heavy (non-hydrogen) atoms. The number of carbonyl (C=O) groups is 1. The lowest BCUT2D eigenvalue weighted by molar-refractivity contribution is -0.117. The minimum atomic E-state index is -0.338. The van der Waals surface area contributed by atoms with Crippen molar-refractivity contribution in [1.82, 2.24) is 10.3 Å². The minimum Gasteiger partial charge on any atom is -0.310 e. The molecule has 0 saturated carbocycles. The molecule has 2 heterocycles. The van der Waals surface area contributed by atoms with Crippen molar-refractivity contribution in [3.05, 3.63) is 23.9 Å². The average Bonchev–Trinajstić information content (AvgIpc) is 2.54. The Morgan fingerprint density at radius 2 is 2.50 bits per heavy atom. The monoisotopic (exact) mass is 251 g/mol. The van der Waals surface area contributed by atoms with E-state index in [-0.39, 0.29) is 11.2 Å². The highest BCUT2D eigenvalue weighted by atomic mass is 32.2. The molecule has 1 aliphatic rings. The van der Waals surface area contributed by atoms with Crippen LogP contribution in [0.5, 0.6) is 0 Å². The highest BCUT2D eigenvalue weighted by Gasteiger charge is 2.27. The molecule has 0 bridgehead atoms. The third-order valence-electron chi connectivity index (χ3n) is 1.96. The summed E-state index contributed by atoms with van der Waals surface area (Å²) < 4.78 is 0.499. The van der Waals surface area contributed by atoms with E-state index in [1.807, 2.05) is 19.1 Å². The normalized spacial score (nSPS) is 20.4. The fourth-order valence-electron chi connectivity index (χ4n) is 1.20. The molecule has 0 radical (unpaired) electrons. The van der Waals surface area contributed by atoms with Crippen LogP contribution in [0.15, 0.2) is 23.3 Å². The molecule has 1 aromatic rings. The van der Waals surface area contributed by atoms with Gasteiger partial charge >= 0.3 is 0 Å². The maximum atomic E-state index is 11.3. The largest absolute Gasteiger partial charge is 0.310 e. The lowest BCUT2D eigenvalue weighted by atomic mass is 10.3. The summed E-state index contributed by atoms with van der Waals surface area (Å²) in [5, 5.41) is 2.22. The van der Waals surface area contributed by atoms with Gasteiger partial charge in [0.25, 0.3) is 0 Å². The number of nitrogens with zero attached hydrogens (tertiary/aromatic N) is 2. The number of rotatable bonds is 2. The number of nitrogens with one attached hydrogen (secondary N) is 1. The predicted octanol–water partition coefficient (Wildman–Crippen LogP) is 1.61. The van der Waals surface area contributed by atoms with E-state index in [1.54, 1.807) is 12.4 Å². The van der Waals surface area contributed by atoms with Gasteiger partial charge in [0.2, 0.25) is 5.91 Å². The van der Waals surface area contributed by atoms with Crippen LogP contribution in [0.4, 0.5) is 5.82 Å². The molecule has 1 N–H and O–H groups in total. The Balaban J connectivity index is 2.10. The summed E-state index contributed by atoms with van der Waals surface area (Å²) in [5.74, 6) is 0.484. The molecule has 6 heteroatoms. The first kappa shape index (κ1) is 11.2. The van der Waals surface area contributed by atoms with Crippen LogP contribution in [0, 0.1) is 6.92 Å². The summed E-state index contributed by atoms with van der Waals surface area (Å²) >= 11 is 6.17. The van der Waals surface area contributed by atoms with Crippen molar-refractivity contribution in [2.24, 2.45) is 4.99 Å². The van der Waals surface area contributed by atoms with Gasteiger partial charge < -0.3 is 5.32 Å². The van der Waals surface area contributed by atoms with Crippen LogP contribution in [-0.4, -0.2) is 26.7 Å². The molecule has 0 aliphatic carbocycles. The number of thiocarbonyl (C=S) groups is 1. The van der Waals surface area contributed by atoms with Crippen LogP contribution in [0.3, 0.4) is 0 Å². The fraction of sp³-hybridized carbons (Fsp3) is 0.200. The zero-order chi connectivity index (χ0) is 11.5. The van der Waals surface area contributed by atoms with Crippen molar-refractivity contribution in [3.63, 3.8) is 0 Å². The zero-order valence-electron chi connectivity index (χ0n) is 8.51. The van der Waals surface area contributed by atoms with E-state index in [2.05, 4.69) is 15.3 Å².